The summed E-state index contributed by atoms with van der Waals surface area (Å²) in [6.07, 6.45) is 2.03. The molecule has 1 aromatic carbocycles. The second kappa shape index (κ2) is 4.94. The number of rotatable bonds is 2. The molecule has 1 atom stereocenters. The van der Waals surface area contributed by atoms with Crippen LogP contribution in [0.1, 0.15) is 13.3 Å². The van der Waals surface area contributed by atoms with Crippen molar-refractivity contribution in [2.45, 2.75) is 19.6 Å². The van der Waals surface area contributed by atoms with Gasteiger partial charge in [0.15, 0.2) is 6.29 Å². The monoisotopic (exact) mass is 267 g/mol. The third-order valence-electron chi connectivity index (χ3n) is 3.45. The second-order valence-corrected chi connectivity index (χ2v) is 4.69. The number of nitrogens with zero attached hydrogens (tertiary/aromatic N) is 3. The fraction of sp³-hybridized carbons (Fsp3) is 0.200. The number of benzene rings is 1. The maximum absolute atomic E-state index is 6.19. The van der Waals surface area contributed by atoms with E-state index in [0.29, 0.717) is 5.82 Å². The number of aliphatic imine (C=N–C) groups is 1. The molecule has 0 fully saturated rings. The lowest BCUT2D eigenvalue weighted by Crippen LogP contribution is -2.46. The number of anilines is 1. The minimum atomic E-state index is -0.529. The number of hydrogen-bond donors (Lipinski definition) is 2. The van der Waals surface area contributed by atoms with E-state index in [1.54, 1.807) is 11.1 Å². The van der Waals surface area contributed by atoms with E-state index in [0.717, 1.165) is 28.7 Å². The minimum absolute atomic E-state index is 0.529. The zero-order chi connectivity index (χ0) is 14.1. The van der Waals surface area contributed by atoms with Gasteiger partial charge in [0.25, 0.3) is 0 Å². The SMILES string of the molecule is CCC1=C(N)N(c2ccc3ccccc3n2)C(N)N=C1. The van der Waals surface area contributed by atoms with E-state index in [9.17, 15) is 0 Å². The van der Waals surface area contributed by atoms with Crippen LogP contribution in [0.2, 0.25) is 0 Å². The van der Waals surface area contributed by atoms with Gasteiger partial charge in [-0.3, -0.25) is 15.6 Å². The Labute approximate surface area is 117 Å². The number of pyridine rings is 1. The lowest BCUT2D eigenvalue weighted by Gasteiger charge is -2.31. The first-order valence-corrected chi connectivity index (χ1v) is 6.63. The van der Waals surface area contributed by atoms with E-state index in [4.69, 9.17) is 11.5 Å². The number of aromatic nitrogens is 1. The van der Waals surface area contributed by atoms with Crippen LogP contribution in [0.4, 0.5) is 5.82 Å². The Morgan fingerprint density at radius 1 is 1.20 bits per heavy atom. The zero-order valence-corrected chi connectivity index (χ0v) is 11.3. The number of fused-ring (bicyclic) bond motifs is 1. The van der Waals surface area contributed by atoms with Crippen molar-refractivity contribution in [1.82, 2.24) is 4.98 Å². The molecule has 0 bridgehead atoms. The first-order valence-electron chi connectivity index (χ1n) is 6.63. The molecule has 5 heteroatoms. The molecule has 0 spiro atoms. The number of nitrogens with two attached hydrogens (primary N) is 2. The summed E-state index contributed by atoms with van der Waals surface area (Å²) in [5.74, 6) is 1.34. The van der Waals surface area contributed by atoms with Crippen molar-refractivity contribution in [3.05, 3.63) is 47.8 Å². The molecule has 0 radical (unpaired) electrons. The van der Waals surface area contributed by atoms with Gasteiger partial charge < -0.3 is 5.73 Å². The van der Waals surface area contributed by atoms with Crippen LogP contribution >= 0.6 is 0 Å². The van der Waals surface area contributed by atoms with E-state index in [-0.39, 0.29) is 0 Å². The summed E-state index contributed by atoms with van der Waals surface area (Å²) in [7, 11) is 0. The minimum Gasteiger partial charge on any atom is -0.385 e. The highest BCUT2D eigenvalue weighted by Gasteiger charge is 2.23. The number of allylic oxidation sites excluding steroid dienone is 1. The van der Waals surface area contributed by atoms with Gasteiger partial charge in [-0.1, -0.05) is 25.1 Å². The van der Waals surface area contributed by atoms with E-state index in [2.05, 4.69) is 9.98 Å². The lowest BCUT2D eigenvalue weighted by molar-refractivity contribution is 0.667. The molecule has 1 aliphatic heterocycles. The lowest BCUT2D eigenvalue weighted by atomic mass is 10.2. The highest BCUT2D eigenvalue weighted by Crippen LogP contribution is 2.24. The Balaban J connectivity index is 2.09. The molecule has 4 N–H and O–H groups in total. The van der Waals surface area contributed by atoms with Gasteiger partial charge in [-0.25, -0.2) is 4.98 Å². The molecule has 3 rings (SSSR count). The van der Waals surface area contributed by atoms with Crippen LogP contribution in [-0.4, -0.2) is 17.5 Å². The standard InChI is InChI=1S/C15H17N5/c1-2-10-9-18-15(17)20(14(10)16)13-8-7-11-5-3-4-6-12(11)19-13/h3-9,15H,2,16-17H2,1H3. The van der Waals surface area contributed by atoms with E-state index in [1.165, 1.54) is 0 Å². The highest BCUT2D eigenvalue weighted by atomic mass is 15.4. The highest BCUT2D eigenvalue weighted by molar-refractivity contribution is 5.84. The summed E-state index contributed by atoms with van der Waals surface area (Å²) in [6, 6.07) is 11.9. The van der Waals surface area contributed by atoms with Crippen LogP contribution < -0.4 is 16.4 Å². The normalized spacial score (nSPS) is 18.9. The average Bonchev–Trinajstić information content (AvgIpc) is 2.47. The predicted molar refractivity (Wildman–Crippen MR) is 82.2 cm³/mol. The van der Waals surface area contributed by atoms with Gasteiger partial charge in [-0.15, -0.1) is 0 Å². The van der Waals surface area contributed by atoms with Gasteiger partial charge in [0.05, 0.1) is 5.52 Å². The fourth-order valence-electron chi connectivity index (χ4n) is 2.32. The van der Waals surface area contributed by atoms with Crippen molar-refractivity contribution >= 4 is 22.9 Å². The van der Waals surface area contributed by atoms with Crippen LogP contribution in [0, 0.1) is 0 Å². The van der Waals surface area contributed by atoms with Gasteiger partial charge in [0, 0.05) is 17.2 Å². The first kappa shape index (κ1) is 12.6. The molecule has 5 nitrogen and oxygen atoms in total. The molecule has 1 unspecified atom stereocenters. The molecule has 20 heavy (non-hydrogen) atoms. The topological polar surface area (TPSA) is 80.5 Å². The van der Waals surface area contributed by atoms with Crippen molar-refractivity contribution in [2.24, 2.45) is 16.5 Å². The Bertz CT molecular complexity index is 704. The molecule has 0 saturated carbocycles. The molecule has 0 amide bonds. The Kier molecular flexibility index (Phi) is 3.12. The van der Waals surface area contributed by atoms with Gasteiger partial charge in [-0.2, -0.15) is 0 Å². The smallest absolute Gasteiger partial charge is 0.180 e. The summed E-state index contributed by atoms with van der Waals surface area (Å²) >= 11 is 0. The van der Waals surface area contributed by atoms with Crippen LogP contribution in [0.5, 0.6) is 0 Å². The van der Waals surface area contributed by atoms with Gasteiger partial charge in [0.1, 0.15) is 11.6 Å². The van der Waals surface area contributed by atoms with Crippen molar-refractivity contribution in [3.8, 4) is 0 Å². The van der Waals surface area contributed by atoms with Crippen molar-refractivity contribution in [3.63, 3.8) is 0 Å². The van der Waals surface area contributed by atoms with Crippen LogP contribution in [-0.2, 0) is 0 Å². The summed E-state index contributed by atoms with van der Waals surface area (Å²) in [4.78, 5) is 10.7. The van der Waals surface area contributed by atoms with Gasteiger partial charge in [-0.05, 0) is 24.6 Å². The average molecular weight is 267 g/mol. The van der Waals surface area contributed by atoms with Crippen molar-refractivity contribution in [2.75, 3.05) is 4.90 Å². The second-order valence-electron chi connectivity index (χ2n) is 4.69. The Hall–Kier alpha value is -2.40. The Morgan fingerprint density at radius 3 is 2.80 bits per heavy atom. The first-order chi connectivity index (χ1) is 9.70. The van der Waals surface area contributed by atoms with Crippen LogP contribution in [0.15, 0.2) is 52.8 Å². The fourth-order valence-corrected chi connectivity index (χ4v) is 2.32. The zero-order valence-electron chi connectivity index (χ0n) is 11.3. The molecular weight excluding hydrogens is 250 g/mol. The molecule has 0 saturated heterocycles. The maximum atomic E-state index is 6.19. The van der Waals surface area contributed by atoms with Crippen LogP contribution in [0.3, 0.4) is 0 Å². The summed E-state index contributed by atoms with van der Waals surface area (Å²) in [6.45, 7) is 2.04. The maximum Gasteiger partial charge on any atom is 0.180 e. The molecule has 102 valence electrons. The predicted octanol–water partition coefficient (Wildman–Crippen LogP) is 1.95. The summed E-state index contributed by atoms with van der Waals surface area (Å²) < 4.78 is 0. The number of hydrogen-bond acceptors (Lipinski definition) is 5. The van der Waals surface area contributed by atoms with Crippen molar-refractivity contribution in [1.29, 1.82) is 0 Å². The third kappa shape index (κ3) is 2.02. The molecule has 0 aliphatic carbocycles. The van der Waals surface area contributed by atoms with Crippen LogP contribution in [0.25, 0.3) is 10.9 Å². The Morgan fingerprint density at radius 2 is 2.00 bits per heavy atom. The molecule has 2 aromatic rings. The van der Waals surface area contributed by atoms with Gasteiger partial charge >= 0.3 is 0 Å². The summed E-state index contributed by atoms with van der Waals surface area (Å²) in [5.41, 5.74) is 14.1. The third-order valence-corrected chi connectivity index (χ3v) is 3.45. The molecule has 1 aliphatic rings. The van der Waals surface area contributed by atoms with E-state index in [1.807, 2.05) is 43.3 Å². The molecule has 2 heterocycles. The quantitative estimate of drug-likeness (QED) is 0.871. The molecule has 1 aromatic heterocycles. The largest absolute Gasteiger partial charge is 0.385 e. The molecular formula is C15H17N5. The number of para-hydroxylation sites is 1. The van der Waals surface area contributed by atoms with Gasteiger partial charge in [0.2, 0.25) is 0 Å². The van der Waals surface area contributed by atoms with E-state index < -0.39 is 6.29 Å². The summed E-state index contributed by atoms with van der Waals surface area (Å²) in [5, 5.41) is 1.09. The van der Waals surface area contributed by atoms with E-state index >= 15 is 0 Å². The van der Waals surface area contributed by atoms with Crippen molar-refractivity contribution < 1.29 is 0 Å².